The molecule has 1 N–H and O–H groups in total. The number of aromatic amines is 1. The van der Waals surface area contributed by atoms with Crippen molar-refractivity contribution in [2.45, 2.75) is 245 Å². The third kappa shape index (κ3) is 23.2. The molecule has 1 rings (SSSR count). The Balaban J connectivity index is 2.43. The van der Waals surface area contributed by atoms with Gasteiger partial charge in [0.25, 0.3) is 5.82 Å². The summed E-state index contributed by atoms with van der Waals surface area (Å²) in [5, 5.41) is 0. The highest BCUT2D eigenvalue weighted by Crippen LogP contribution is 2.27. The average Bonchev–Trinajstić information content (AvgIpc) is 3.51. The van der Waals surface area contributed by atoms with Gasteiger partial charge >= 0.3 is 0 Å². The molecule has 0 aliphatic carbocycles. The van der Waals surface area contributed by atoms with Crippen molar-refractivity contribution in [2.75, 3.05) is 0 Å². The van der Waals surface area contributed by atoms with E-state index in [0.29, 0.717) is 12.0 Å². The molecule has 43 heavy (non-hydrogen) atoms. The summed E-state index contributed by atoms with van der Waals surface area (Å²) >= 11 is 0. The second-order valence-electron chi connectivity index (χ2n) is 14.4. The second kappa shape index (κ2) is 31.2. The van der Waals surface area contributed by atoms with Crippen LogP contribution in [0.2, 0.25) is 0 Å². The van der Waals surface area contributed by atoms with E-state index in [1.54, 1.807) is 0 Å². The van der Waals surface area contributed by atoms with Gasteiger partial charge in [-0.1, -0.05) is 201 Å². The fourth-order valence-electron chi connectivity index (χ4n) is 7.13. The molecule has 1 aromatic heterocycles. The highest BCUT2D eigenvalue weighted by Gasteiger charge is 2.25. The first kappa shape index (κ1) is 40.2. The molecule has 0 aliphatic heterocycles. The van der Waals surface area contributed by atoms with Gasteiger partial charge in [-0.3, -0.25) is 0 Å². The summed E-state index contributed by atoms with van der Waals surface area (Å²) in [5.74, 6) is 2.25. The van der Waals surface area contributed by atoms with Crippen LogP contribution < -0.4 is 4.57 Å². The number of nitrogens with one attached hydrogen (secondary N) is 1. The Hall–Kier alpha value is -0.790. The Morgan fingerprint density at radius 2 is 0.744 bits per heavy atom. The first-order valence-corrected chi connectivity index (χ1v) is 20.3. The Labute approximate surface area is 272 Å². The van der Waals surface area contributed by atoms with Gasteiger partial charge in [0.05, 0.1) is 12.0 Å². The van der Waals surface area contributed by atoms with Gasteiger partial charge in [-0.25, -0.2) is 9.55 Å². The third-order valence-electron chi connectivity index (χ3n) is 10.1. The van der Waals surface area contributed by atoms with Crippen molar-refractivity contribution in [2.24, 2.45) is 0 Å². The van der Waals surface area contributed by atoms with Gasteiger partial charge < -0.3 is 0 Å². The summed E-state index contributed by atoms with van der Waals surface area (Å²) in [5.41, 5.74) is 0. The second-order valence-corrected chi connectivity index (χ2v) is 14.4. The number of nitrogens with zero attached hydrogens (tertiary/aromatic N) is 1. The number of imidazole rings is 1. The zero-order valence-electron chi connectivity index (χ0n) is 30.4. The molecular formula is C41H81N2+. The predicted molar refractivity (Wildman–Crippen MR) is 193 cm³/mol. The van der Waals surface area contributed by atoms with E-state index in [1.165, 1.54) is 211 Å². The smallest absolute Gasteiger partial charge is 0.247 e. The number of hydrogen-bond donors (Lipinski definition) is 1. The predicted octanol–water partition coefficient (Wildman–Crippen LogP) is 14.5. The highest BCUT2D eigenvalue weighted by molar-refractivity contribution is 4.90. The Morgan fingerprint density at radius 1 is 0.442 bits per heavy atom. The van der Waals surface area contributed by atoms with Crippen molar-refractivity contribution >= 4 is 0 Å². The van der Waals surface area contributed by atoms with Crippen LogP contribution in [-0.2, 0) is 0 Å². The van der Waals surface area contributed by atoms with Crippen LogP contribution in [0, 0.1) is 0 Å². The van der Waals surface area contributed by atoms with Crippen LogP contribution in [0.15, 0.2) is 12.4 Å². The summed E-state index contributed by atoms with van der Waals surface area (Å²) in [4.78, 5) is 3.76. The fraction of sp³-hybridized carbons (Fsp3) is 0.927. The van der Waals surface area contributed by atoms with Gasteiger partial charge in [0.1, 0.15) is 12.4 Å². The molecule has 0 bridgehead atoms. The monoisotopic (exact) mass is 602 g/mol. The molecule has 2 nitrogen and oxygen atoms in total. The van der Waals surface area contributed by atoms with Crippen molar-refractivity contribution in [1.82, 2.24) is 4.98 Å². The largest absolute Gasteiger partial charge is 0.257 e. The summed E-state index contributed by atoms with van der Waals surface area (Å²) < 4.78 is 2.64. The number of rotatable bonds is 34. The SMILES string of the molecule is CCCCCCCCCCCCCC(CCCCCCCCCCC)c1[nH]cc[n+]1C(C)CCCCCCCCCCC. The standard InChI is InChI=1S/C41H80N2/c1-5-8-11-14-17-20-21-24-27-30-33-36-40(35-32-29-26-23-19-16-13-10-7-3)41-42-37-38-43(41)39(4)34-31-28-25-22-18-15-12-9-6-2/h37-40H,5-36H2,1-4H3/p+1. The van der Waals surface area contributed by atoms with Crippen LogP contribution in [0.1, 0.15) is 251 Å². The maximum atomic E-state index is 3.76. The molecule has 0 fully saturated rings. The normalized spacial score (nSPS) is 13.1. The molecule has 2 heteroatoms. The average molecular weight is 602 g/mol. The molecule has 0 saturated carbocycles. The Kier molecular flexibility index (Phi) is 29.2. The van der Waals surface area contributed by atoms with E-state index in [4.69, 9.17) is 0 Å². The van der Waals surface area contributed by atoms with Gasteiger partial charge in [-0.15, -0.1) is 0 Å². The zero-order valence-corrected chi connectivity index (χ0v) is 30.4. The lowest BCUT2D eigenvalue weighted by Gasteiger charge is -2.17. The molecule has 1 heterocycles. The van der Waals surface area contributed by atoms with Crippen LogP contribution >= 0.6 is 0 Å². The van der Waals surface area contributed by atoms with Crippen LogP contribution in [0.3, 0.4) is 0 Å². The topological polar surface area (TPSA) is 19.7 Å². The van der Waals surface area contributed by atoms with Gasteiger partial charge in [0.15, 0.2) is 0 Å². The van der Waals surface area contributed by atoms with E-state index in [-0.39, 0.29) is 0 Å². The summed E-state index contributed by atoms with van der Waals surface area (Å²) in [6.07, 6.45) is 50.2. The van der Waals surface area contributed by atoms with E-state index < -0.39 is 0 Å². The summed E-state index contributed by atoms with van der Waals surface area (Å²) in [7, 11) is 0. The highest BCUT2D eigenvalue weighted by atomic mass is 15.1. The lowest BCUT2D eigenvalue weighted by molar-refractivity contribution is -0.727. The maximum absolute atomic E-state index is 3.76. The molecule has 2 atom stereocenters. The Morgan fingerprint density at radius 3 is 1.09 bits per heavy atom. The zero-order chi connectivity index (χ0) is 31.1. The number of hydrogen-bond acceptors (Lipinski definition) is 0. The molecule has 2 unspecified atom stereocenters. The van der Waals surface area contributed by atoms with Crippen molar-refractivity contribution in [3.8, 4) is 0 Å². The minimum atomic E-state index is 0.619. The molecule has 0 spiro atoms. The molecular weight excluding hydrogens is 520 g/mol. The van der Waals surface area contributed by atoms with Gasteiger partial charge in [-0.05, 0) is 32.6 Å². The molecule has 1 aromatic rings. The minimum absolute atomic E-state index is 0.619. The summed E-state index contributed by atoms with van der Waals surface area (Å²) in [6, 6.07) is 0.619. The van der Waals surface area contributed by atoms with Crippen LogP contribution in [0.25, 0.3) is 0 Å². The summed E-state index contributed by atoms with van der Waals surface area (Å²) in [6.45, 7) is 9.42. The molecule has 0 amide bonds. The van der Waals surface area contributed by atoms with E-state index >= 15 is 0 Å². The van der Waals surface area contributed by atoms with Gasteiger partial charge in [0.2, 0.25) is 0 Å². The Bertz CT molecular complexity index is 664. The molecule has 0 radical (unpaired) electrons. The molecule has 0 aliphatic rings. The van der Waals surface area contributed by atoms with Gasteiger partial charge in [0, 0.05) is 0 Å². The van der Waals surface area contributed by atoms with Crippen molar-refractivity contribution < 1.29 is 4.57 Å². The van der Waals surface area contributed by atoms with E-state index in [1.807, 2.05) is 0 Å². The van der Waals surface area contributed by atoms with Crippen LogP contribution in [-0.4, -0.2) is 4.98 Å². The quantitative estimate of drug-likeness (QED) is 0.0599. The van der Waals surface area contributed by atoms with Crippen LogP contribution in [0.4, 0.5) is 0 Å². The van der Waals surface area contributed by atoms with E-state index in [2.05, 4.69) is 49.6 Å². The third-order valence-corrected chi connectivity index (χ3v) is 10.1. The van der Waals surface area contributed by atoms with E-state index in [9.17, 15) is 0 Å². The number of aromatic nitrogens is 2. The number of unbranched alkanes of at least 4 members (excludes halogenated alkanes) is 26. The fourth-order valence-corrected chi connectivity index (χ4v) is 7.13. The minimum Gasteiger partial charge on any atom is -0.247 e. The first-order valence-electron chi connectivity index (χ1n) is 20.3. The first-order chi connectivity index (χ1) is 21.2. The number of H-pyrrole nitrogens is 1. The molecule has 0 saturated heterocycles. The maximum Gasteiger partial charge on any atom is 0.257 e. The van der Waals surface area contributed by atoms with Crippen molar-refractivity contribution in [1.29, 1.82) is 0 Å². The van der Waals surface area contributed by atoms with E-state index in [0.717, 1.165) is 0 Å². The van der Waals surface area contributed by atoms with Gasteiger partial charge in [-0.2, -0.15) is 0 Å². The molecule has 254 valence electrons. The van der Waals surface area contributed by atoms with Crippen molar-refractivity contribution in [3.63, 3.8) is 0 Å². The van der Waals surface area contributed by atoms with Crippen molar-refractivity contribution in [3.05, 3.63) is 18.2 Å². The van der Waals surface area contributed by atoms with Crippen LogP contribution in [0.5, 0.6) is 0 Å². The lowest BCUT2D eigenvalue weighted by Crippen LogP contribution is -2.41. The lowest BCUT2D eigenvalue weighted by atomic mass is 9.92. The molecule has 0 aromatic carbocycles.